The first-order valence-corrected chi connectivity index (χ1v) is 8.76. The minimum Gasteiger partial charge on any atom is -0.340 e. The summed E-state index contributed by atoms with van der Waals surface area (Å²) in [5, 5.41) is 4.51. The van der Waals surface area contributed by atoms with Gasteiger partial charge in [0.15, 0.2) is 5.82 Å². The van der Waals surface area contributed by atoms with E-state index in [1.165, 1.54) is 12.1 Å². The zero-order valence-corrected chi connectivity index (χ0v) is 15.9. The van der Waals surface area contributed by atoms with Gasteiger partial charge in [-0.1, -0.05) is 35.4 Å². The lowest BCUT2D eigenvalue weighted by atomic mass is 10.2. The second-order valence-corrected chi connectivity index (χ2v) is 6.42. The van der Waals surface area contributed by atoms with E-state index in [4.69, 9.17) is 23.2 Å². The van der Waals surface area contributed by atoms with Crippen LogP contribution in [-0.4, -0.2) is 16.7 Å². The lowest BCUT2D eigenvalue weighted by Gasteiger charge is -2.12. The van der Waals surface area contributed by atoms with Crippen molar-refractivity contribution in [2.45, 2.75) is 6.92 Å². The number of aliphatic imine (C=N–C) groups is 1. The Hall–Kier alpha value is -2.76. The third kappa shape index (κ3) is 4.32. The Balaban J connectivity index is 2.18. The van der Waals surface area contributed by atoms with E-state index >= 15 is 0 Å². The molecule has 0 saturated heterocycles. The molecule has 3 aromatic rings. The second kappa shape index (κ2) is 8.29. The van der Waals surface area contributed by atoms with Crippen molar-refractivity contribution in [1.29, 1.82) is 0 Å². The molecule has 2 aromatic carbocycles. The van der Waals surface area contributed by atoms with Gasteiger partial charge in [-0.15, -0.1) is 0 Å². The van der Waals surface area contributed by atoms with Gasteiger partial charge in [0.25, 0.3) is 0 Å². The Morgan fingerprint density at radius 1 is 1.19 bits per heavy atom. The van der Waals surface area contributed by atoms with Crippen LogP contribution in [-0.2, 0) is 0 Å². The minimum absolute atomic E-state index is 0.0204. The third-order valence-corrected chi connectivity index (χ3v) is 4.20. The van der Waals surface area contributed by atoms with Gasteiger partial charge in [0.2, 0.25) is 0 Å². The molecule has 136 valence electrons. The normalized spacial score (nSPS) is 11.9. The summed E-state index contributed by atoms with van der Waals surface area (Å²) in [6.45, 7) is 5.37. The smallest absolute Gasteiger partial charge is 0.163 e. The molecule has 4 nitrogen and oxygen atoms in total. The van der Waals surface area contributed by atoms with E-state index in [0.29, 0.717) is 33.4 Å². The predicted molar refractivity (Wildman–Crippen MR) is 112 cm³/mol. The number of rotatable bonds is 5. The van der Waals surface area contributed by atoms with E-state index in [1.807, 2.05) is 25.1 Å². The molecular weight excluding hydrogens is 386 g/mol. The highest BCUT2D eigenvalue weighted by Crippen LogP contribution is 2.29. The molecule has 0 fully saturated rings. The predicted octanol–water partition coefficient (Wildman–Crippen LogP) is 6.44. The van der Waals surface area contributed by atoms with Crippen LogP contribution in [0.25, 0.3) is 16.5 Å². The first kappa shape index (κ1) is 19.0. The summed E-state index contributed by atoms with van der Waals surface area (Å²) in [5.74, 6) is 0.498. The highest BCUT2D eigenvalue weighted by molar-refractivity contribution is 6.31. The maximum absolute atomic E-state index is 13.4. The molecule has 0 spiro atoms. The summed E-state index contributed by atoms with van der Waals surface area (Å²) in [5.41, 5.74) is 1.94. The van der Waals surface area contributed by atoms with Gasteiger partial charge in [-0.3, -0.25) is 4.99 Å². The van der Waals surface area contributed by atoms with Crippen molar-refractivity contribution < 1.29 is 4.39 Å². The number of benzene rings is 2. The molecule has 0 aliphatic carbocycles. The van der Waals surface area contributed by atoms with Gasteiger partial charge in [0.05, 0.1) is 10.5 Å². The van der Waals surface area contributed by atoms with E-state index in [0.717, 1.165) is 5.39 Å². The van der Waals surface area contributed by atoms with Gasteiger partial charge < -0.3 is 5.32 Å². The molecule has 0 radical (unpaired) electrons. The second-order valence-electron chi connectivity index (χ2n) is 5.58. The van der Waals surface area contributed by atoms with E-state index in [9.17, 15) is 4.39 Å². The number of halogens is 3. The highest BCUT2D eigenvalue weighted by atomic mass is 35.5. The van der Waals surface area contributed by atoms with Gasteiger partial charge in [-0.25, -0.2) is 14.4 Å². The molecule has 1 heterocycles. The number of nitrogens with one attached hydrogen (secondary N) is 1. The number of aromatic nitrogens is 2. The summed E-state index contributed by atoms with van der Waals surface area (Å²) in [6, 6.07) is 9.69. The average Bonchev–Trinajstić information content (AvgIpc) is 2.64. The monoisotopic (exact) mass is 400 g/mol. The Morgan fingerprint density at radius 3 is 2.70 bits per heavy atom. The SMILES string of the molecule is C=N/C=C(\C=C/C)c1nc(Nc2ccc(F)c(Cl)c2)c2ccc(Cl)cc2n1. The van der Waals surface area contributed by atoms with Crippen LogP contribution in [0.5, 0.6) is 0 Å². The van der Waals surface area contributed by atoms with Crippen LogP contribution in [0.2, 0.25) is 10.0 Å². The molecule has 27 heavy (non-hydrogen) atoms. The van der Waals surface area contributed by atoms with E-state index in [-0.39, 0.29) is 5.02 Å². The van der Waals surface area contributed by atoms with Gasteiger partial charge in [0.1, 0.15) is 11.6 Å². The highest BCUT2D eigenvalue weighted by Gasteiger charge is 2.12. The lowest BCUT2D eigenvalue weighted by molar-refractivity contribution is 0.628. The molecule has 1 N–H and O–H groups in total. The largest absolute Gasteiger partial charge is 0.340 e. The Labute approximate surface area is 166 Å². The fraction of sp³-hybridized carbons (Fsp3) is 0.0500. The maximum Gasteiger partial charge on any atom is 0.163 e. The number of hydrogen-bond acceptors (Lipinski definition) is 4. The molecule has 0 aliphatic heterocycles. The van der Waals surface area contributed by atoms with Crippen molar-refractivity contribution >= 4 is 57.9 Å². The van der Waals surface area contributed by atoms with Crippen LogP contribution in [0.15, 0.2) is 59.7 Å². The van der Waals surface area contributed by atoms with Crippen LogP contribution in [0, 0.1) is 5.82 Å². The quantitative estimate of drug-likeness (QED) is 0.396. The van der Waals surface area contributed by atoms with E-state index < -0.39 is 5.82 Å². The molecule has 0 saturated carbocycles. The number of nitrogens with zero attached hydrogens (tertiary/aromatic N) is 3. The van der Waals surface area contributed by atoms with Gasteiger partial charge >= 0.3 is 0 Å². The molecule has 0 atom stereocenters. The molecule has 7 heteroatoms. The standard InChI is InChI=1S/C20H15Cl2FN4/c1-3-4-12(11-24-2)19-26-18-9-13(21)5-7-15(18)20(27-19)25-14-6-8-17(23)16(22)10-14/h3-11H,2H2,1H3,(H,25,26,27)/b4-3-,12-11+. The molecular formula is C20H15Cl2FN4. The number of anilines is 2. The Bertz CT molecular complexity index is 1080. The van der Waals surface area contributed by atoms with Crippen LogP contribution >= 0.6 is 23.2 Å². The van der Waals surface area contributed by atoms with Crippen molar-refractivity contribution in [3.63, 3.8) is 0 Å². The van der Waals surface area contributed by atoms with Crippen LogP contribution < -0.4 is 5.32 Å². The number of fused-ring (bicyclic) bond motifs is 1. The van der Waals surface area contributed by atoms with Crippen molar-refractivity contribution in [2.24, 2.45) is 4.99 Å². The molecule has 0 amide bonds. The maximum atomic E-state index is 13.4. The van der Waals surface area contributed by atoms with Gasteiger partial charge in [0, 0.05) is 27.9 Å². The van der Waals surface area contributed by atoms with Crippen molar-refractivity contribution in [3.8, 4) is 0 Å². The molecule has 0 bridgehead atoms. The minimum atomic E-state index is -0.488. The topological polar surface area (TPSA) is 50.2 Å². The molecule has 0 aliphatic rings. The Kier molecular flexibility index (Phi) is 5.84. The number of allylic oxidation sites excluding steroid dienone is 3. The fourth-order valence-corrected chi connectivity index (χ4v) is 2.84. The Morgan fingerprint density at radius 2 is 2.00 bits per heavy atom. The van der Waals surface area contributed by atoms with Crippen molar-refractivity contribution in [2.75, 3.05) is 5.32 Å². The average molecular weight is 401 g/mol. The zero-order valence-electron chi connectivity index (χ0n) is 14.4. The number of hydrogen-bond donors (Lipinski definition) is 1. The van der Waals surface area contributed by atoms with E-state index in [1.54, 1.807) is 24.4 Å². The van der Waals surface area contributed by atoms with Crippen LogP contribution in [0.3, 0.4) is 0 Å². The lowest BCUT2D eigenvalue weighted by Crippen LogP contribution is -2.01. The van der Waals surface area contributed by atoms with Gasteiger partial charge in [-0.05, 0) is 50.0 Å². The summed E-state index contributed by atoms with van der Waals surface area (Å²) in [4.78, 5) is 13.0. The first-order chi connectivity index (χ1) is 13.0. The first-order valence-electron chi connectivity index (χ1n) is 8.00. The summed E-state index contributed by atoms with van der Waals surface area (Å²) in [6.07, 6.45) is 5.26. The van der Waals surface area contributed by atoms with E-state index in [2.05, 4.69) is 27.0 Å². The molecule has 1 aromatic heterocycles. The summed E-state index contributed by atoms with van der Waals surface area (Å²) in [7, 11) is 0. The summed E-state index contributed by atoms with van der Waals surface area (Å²) < 4.78 is 13.4. The van der Waals surface area contributed by atoms with Crippen LogP contribution in [0.4, 0.5) is 15.9 Å². The van der Waals surface area contributed by atoms with Crippen LogP contribution in [0.1, 0.15) is 12.7 Å². The van der Waals surface area contributed by atoms with Gasteiger partial charge in [-0.2, -0.15) is 0 Å². The summed E-state index contributed by atoms with van der Waals surface area (Å²) >= 11 is 12.0. The zero-order chi connectivity index (χ0) is 19.4. The fourth-order valence-electron chi connectivity index (χ4n) is 2.49. The molecule has 0 unspecified atom stereocenters. The van der Waals surface area contributed by atoms with Crippen molar-refractivity contribution in [3.05, 3.63) is 76.4 Å². The molecule has 3 rings (SSSR count). The van der Waals surface area contributed by atoms with Crippen molar-refractivity contribution in [1.82, 2.24) is 9.97 Å². The third-order valence-electron chi connectivity index (χ3n) is 3.68.